The largest absolute Gasteiger partial charge is 0.447 e. The van der Waals surface area contributed by atoms with Crippen LogP contribution < -0.4 is 15.5 Å². The van der Waals surface area contributed by atoms with E-state index in [4.69, 9.17) is 9.52 Å². The Kier molecular flexibility index (Phi) is 5.18. The first-order valence-corrected chi connectivity index (χ1v) is 11.3. The lowest BCUT2D eigenvalue weighted by Gasteiger charge is -2.30. The minimum absolute atomic E-state index is 0.217. The first-order valence-electron chi connectivity index (χ1n) is 11.3. The molecule has 4 aromatic heterocycles. The van der Waals surface area contributed by atoms with Crippen molar-refractivity contribution in [3.63, 3.8) is 0 Å². The molecule has 0 saturated carbocycles. The summed E-state index contributed by atoms with van der Waals surface area (Å²) in [5, 5.41) is 11.8. The van der Waals surface area contributed by atoms with Crippen LogP contribution in [-0.2, 0) is 6.54 Å². The van der Waals surface area contributed by atoms with Gasteiger partial charge >= 0.3 is 0 Å². The molecule has 1 amide bonds. The number of pyridine rings is 1. The number of aryl methyl sites for hydroxylation is 1. The number of imidazole rings is 1. The molecule has 0 spiro atoms. The number of oxazole rings is 1. The minimum Gasteiger partial charge on any atom is -0.447 e. The lowest BCUT2D eigenvalue weighted by Crippen LogP contribution is -2.43. The van der Waals surface area contributed by atoms with Crippen molar-refractivity contribution in [3.8, 4) is 0 Å². The van der Waals surface area contributed by atoms with Crippen LogP contribution in [0.4, 0.5) is 15.8 Å². The second kappa shape index (κ2) is 8.51. The second-order valence-electron chi connectivity index (χ2n) is 8.57. The SMILES string of the molecule is Cc1cn2cc(NC(=O)c3ccc(N4CCNCC4)c4cn(Cc5cnco5)nc34)cc(F)c2n1. The first-order chi connectivity index (χ1) is 17.0. The zero-order valence-electron chi connectivity index (χ0n) is 19.0. The maximum atomic E-state index is 14.5. The molecule has 1 aliphatic rings. The third kappa shape index (κ3) is 3.99. The van der Waals surface area contributed by atoms with E-state index >= 15 is 0 Å². The fraction of sp³-hybridized carbons (Fsp3) is 0.250. The number of piperazine rings is 1. The molecule has 35 heavy (non-hydrogen) atoms. The third-order valence-corrected chi connectivity index (χ3v) is 6.09. The van der Waals surface area contributed by atoms with Gasteiger partial charge < -0.3 is 24.4 Å². The molecule has 10 nitrogen and oxygen atoms in total. The highest BCUT2D eigenvalue weighted by Crippen LogP contribution is 2.30. The van der Waals surface area contributed by atoms with Crippen molar-refractivity contribution in [3.05, 3.63) is 72.2 Å². The summed E-state index contributed by atoms with van der Waals surface area (Å²) in [6.07, 6.45) is 8.29. The van der Waals surface area contributed by atoms with Crippen molar-refractivity contribution < 1.29 is 13.6 Å². The van der Waals surface area contributed by atoms with E-state index in [0.29, 0.717) is 34.8 Å². The van der Waals surface area contributed by atoms with Crippen molar-refractivity contribution in [2.45, 2.75) is 13.5 Å². The molecule has 1 fully saturated rings. The number of rotatable bonds is 5. The molecule has 5 heterocycles. The fourth-order valence-corrected chi connectivity index (χ4v) is 4.51. The molecule has 0 radical (unpaired) electrons. The molecule has 6 rings (SSSR count). The molecule has 11 heteroatoms. The molecular formula is C24H23FN8O2. The van der Waals surface area contributed by atoms with Crippen LogP contribution >= 0.6 is 0 Å². The van der Waals surface area contributed by atoms with Gasteiger partial charge in [-0.1, -0.05) is 0 Å². The average molecular weight is 475 g/mol. The lowest BCUT2D eigenvalue weighted by atomic mass is 10.1. The van der Waals surface area contributed by atoms with Gasteiger partial charge in [0.25, 0.3) is 5.91 Å². The molecule has 2 N–H and O–H groups in total. The summed E-state index contributed by atoms with van der Waals surface area (Å²) in [5.74, 6) is -0.222. The van der Waals surface area contributed by atoms with Gasteiger partial charge in [0.2, 0.25) is 0 Å². The van der Waals surface area contributed by atoms with Crippen molar-refractivity contribution in [2.24, 2.45) is 0 Å². The van der Waals surface area contributed by atoms with Crippen LogP contribution in [0, 0.1) is 12.7 Å². The normalized spacial score (nSPS) is 14.2. The standard InChI is InChI=1S/C24H23FN8O2/c1-15-10-32-11-16(8-20(25)23(32)28-15)29-24(34)18-2-3-21(31-6-4-26-5-7-31)19-13-33(30-22(18)19)12-17-9-27-14-35-17/h2-3,8-11,13-14,26H,4-7,12H2,1H3,(H,29,34). The summed E-state index contributed by atoms with van der Waals surface area (Å²) in [6.45, 7) is 5.67. The van der Waals surface area contributed by atoms with E-state index in [1.54, 1.807) is 40.7 Å². The van der Waals surface area contributed by atoms with Gasteiger partial charge in [-0.3, -0.25) is 9.48 Å². The van der Waals surface area contributed by atoms with Gasteiger partial charge in [-0.05, 0) is 19.1 Å². The molecule has 1 aromatic carbocycles. The predicted molar refractivity (Wildman–Crippen MR) is 128 cm³/mol. The van der Waals surface area contributed by atoms with Crippen LogP contribution in [-0.4, -0.2) is 56.2 Å². The summed E-state index contributed by atoms with van der Waals surface area (Å²) in [7, 11) is 0. The van der Waals surface area contributed by atoms with E-state index in [-0.39, 0.29) is 11.6 Å². The number of halogens is 1. The summed E-state index contributed by atoms with van der Waals surface area (Å²) < 4.78 is 23.2. The number of nitrogens with zero attached hydrogens (tertiary/aromatic N) is 6. The Balaban J connectivity index is 1.38. The molecular weight excluding hydrogens is 451 g/mol. The highest BCUT2D eigenvalue weighted by atomic mass is 19.1. The second-order valence-corrected chi connectivity index (χ2v) is 8.57. The van der Waals surface area contributed by atoms with Gasteiger partial charge in [-0.25, -0.2) is 14.4 Å². The number of hydrogen-bond acceptors (Lipinski definition) is 7. The number of hydrogen-bond donors (Lipinski definition) is 2. The first kappa shape index (κ1) is 21.3. The maximum absolute atomic E-state index is 14.5. The molecule has 0 aliphatic carbocycles. The molecule has 0 unspecified atom stereocenters. The zero-order valence-corrected chi connectivity index (χ0v) is 19.0. The number of carbonyl (C=O) groups excluding carboxylic acids is 1. The molecule has 178 valence electrons. The number of benzene rings is 1. The quantitative estimate of drug-likeness (QED) is 0.404. The maximum Gasteiger partial charge on any atom is 0.257 e. The topological polar surface area (TPSA) is 106 Å². The summed E-state index contributed by atoms with van der Waals surface area (Å²) in [5.41, 5.74) is 3.22. The Morgan fingerprint density at radius 3 is 2.89 bits per heavy atom. The monoisotopic (exact) mass is 474 g/mol. The zero-order chi connectivity index (χ0) is 23.9. The Morgan fingerprint density at radius 1 is 1.23 bits per heavy atom. The number of carbonyl (C=O) groups is 1. The van der Waals surface area contributed by atoms with Gasteiger partial charge in [-0.15, -0.1) is 0 Å². The predicted octanol–water partition coefficient (Wildman–Crippen LogP) is 2.83. The van der Waals surface area contributed by atoms with Crippen LogP contribution in [0.25, 0.3) is 16.6 Å². The Labute approximate surface area is 199 Å². The van der Waals surface area contributed by atoms with Crippen LogP contribution in [0.3, 0.4) is 0 Å². The third-order valence-electron chi connectivity index (χ3n) is 6.09. The van der Waals surface area contributed by atoms with E-state index in [1.807, 2.05) is 12.3 Å². The van der Waals surface area contributed by atoms with Crippen LogP contribution in [0.5, 0.6) is 0 Å². The summed E-state index contributed by atoms with van der Waals surface area (Å²) in [6, 6.07) is 5.00. The summed E-state index contributed by atoms with van der Waals surface area (Å²) in [4.78, 5) is 23.7. The van der Waals surface area contributed by atoms with E-state index in [1.165, 1.54) is 12.5 Å². The van der Waals surface area contributed by atoms with Gasteiger partial charge in [0.1, 0.15) is 17.8 Å². The van der Waals surface area contributed by atoms with Crippen molar-refractivity contribution in [1.29, 1.82) is 0 Å². The fourth-order valence-electron chi connectivity index (χ4n) is 4.51. The number of fused-ring (bicyclic) bond motifs is 2. The average Bonchev–Trinajstić information content (AvgIpc) is 3.59. The Bertz CT molecular complexity index is 1530. The van der Waals surface area contributed by atoms with Crippen LogP contribution in [0.2, 0.25) is 0 Å². The van der Waals surface area contributed by atoms with E-state index < -0.39 is 5.82 Å². The minimum atomic E-state index is -0.508. The smallest absolute Gasteiger partial charge is 0.257 e. The molecule has 0 bridgehead atoms. The van der Waals surface area contributed by atoms with Crippen molar-refractivity contribution in [1.82, 2.24) is 29.5 Å². The number of anilines is 2. The Hall–Kier alpha value is -4.25. The highest BCUT2D eigenvalue weighted by molar-refractivity contribution is 6.13. The molecule has 5 aromatic rings. The lowest BCUT2D eigenvalue weighted by molar-refractivity contribution is 0.102. The van der Waals surface area contributed by atoms with Gasteiger partial charge in [-0.2, -0.15) is 5.10 Å². The Morgan fingerprint density at radius 2 is 2.09 bits per heavy atom. The molecule has 1 saturated heterocycles. The number of amides is 1. The van der Waals surface area contributed by atoms with Crippen LogP contribution in [0.1, 0.15) is 21.8 Å². The number of nitrogens with one attached hydrogen (secondary N) is 2. The number of aromatic nitrogens is 5. The van der Waals surface area contributed by atoms with Gasteiger partial charge in [0.05, 0.1) is 23.1 Å². The van der Waals surface area contributed by atoms with E-state index in [9.17, 15) is 9.18 Å². The van der Waals surface area contributed by atoms with Crippen molar-refractivity contribution >= 4 is 33.8 Å². The van der Waals surface area contributed by atoms with Gasteiger partial charge in [0.15, 0.2) is 17.9 Å². The van der Waals surface area contributed by atoms with Gasteiger partial charge in [0, 0.05) is 61.9 Å². The molecule has 0 atom stereocenters. The highest BCUT2D eigenvalue weighted by Gasteiger charge is 2.21. The van der Waals surface area contributed by atoms with E-state index in [2.05, 4.69) is 25.5 Å². The van der Waals surface area contributed by atoms with Crippen LogP contribution in [0.15, 0.2) is 53.8 Å². The van der Waals surface area contributed by atoms with E-state index in [0.717, 1.165) is 37.3 Å². The summed E-state index contributed by atoms with van der Waals surface area (Å²) >= 11 is 0. The molecule has 1 aliphatic heterocycles. The van der Waals surface area contributed by atoms with Crippen molar-refractivity contribution in [2.75, 3.05) is 36.4 Å².